The van der Waals surface area contributed by atoms with Crippen molar-refractivity contribution in [2.45, 2.75) is 51.7 Å². The molecular weight excluding hydrogens is 212 g/mol. The summed E-state index contributed by atoms with van der Waals surface area (Å²) in [5.74, 6) is 1.73. The van der Waals surface area contributed by atoms with Crippen molar-refractivity contribution >= 4 is 0 Å². The second-order valence-electron chi connectivity index (χ2n) is 5.63. The van der Waals surface area contributed by atoms with Crippen LogP contribution in [0.25, 0.3) is 0 Å². The van der Waals surface area contributed by atoms with Crippen LogP contribution in [0.2, 0.25) is 0 Å². The van der Waals surface area contributed by atoms with Crippen LogP contribution in [-0.4, -0.2) is 23.5 Å². The van der Waals surface area contributed by atoms with Crippen LogP contribution in [0.15, 0.2) is 22.8 Å². The van der Waals surface area contributed by atoms with Crippen LogP contribution < -0.4 is 5.73 Å². The van der Waals surface area contributed by atoms with Gasteiger partial charge in [-0.15, -0.1) is 0 Å². The Morgan fingerprint density at radius 2 is 2.24 bits per heavy atom. The Labute approximate surface area is 104 Å². The van der Waals surface area contributed by atoms with Gasteiger partial charge in [0.15, 0.2) is 0 Å². The van der Waals surface area contributed by atoms with Gasteiger partial charge in [0.25, 0.3) is 0 Å². The van der Waals surface area contributed by atoms with Crippen LogP contribution in [0.3, 0.4) is 0 Å². The van der Waals surface area contributed by atoms with Crippen molar-refractivity contribution in [3.63, 3.8) is 0 Å². The molecule has 0 aliphatic heterocycles. The van der Waals surface area contributed by atoms with Crippen molar-refractivity contribution in [1.29, 1.82) is 0 Å². The van der Waals surface area contributed by atoms with Gasteiger partial charge in [0.2, 0.25) is 0 Å². The second-order valence-corrected chi connectivity index (χ2v) is 5.63. The molecule has 2 N–H and O–H groups in total. The Morgan fingerprint density at radius 3 is 2.76 bits per heavy atom. The molecule has 96 valence electrons. The third-order valence-electron chi connectivity index (χ3n) is 3.25. The molecule has 1 aromatic rings. The molecule has 0 spiro atoms. The first-order chi connectivity index (χ1) is 8.15. The highest BCUT2D eigenvalue weighted by molar-refractivity contribution is 5.00. The lowest BCUT2D eigenvalue weighted by molar-refractivity contribution is 0.212. The van der Waals surface area contributed by atoms with Gasteiger partial charge >= 0.3 is 0 Å². The first-order valence-corrected chi connectivity index (χ1v) is 6.67. The maximum absolute atomic E-state index is 6.20. The van der Waals surface area contributed by atoms with Crippen LogP contribution in [0, 0.1) is 5.92 Å². The minimum atomic E-state index is 0.283. The van der Waals surface area contributed by atoms with Gasteiger partial charge in [-0.25, -0.2) is 0 Å². The Bertz CT molecular complexity index is 317. The molecule has 1 saturated carbocycles. The maximum atomic E-state index is 6.20. The highest BCUT2D eigenvalue weighted by Crippen LogP contribution is 2.28. The third-order valence-corrected chi connectivity index (χ3v) is 3.25. The maximum Gasteiger partial charge on any atom is 0.117 e. The van der Waals surface area contributed by atoms with Gasteiger partial charge in [-0.2, -0.15) is 0 Å². The fourth-order valence-electron chi connectivity index (χ4n) is 2.37. The fraction of sp³-hybridized carbons (Fsp3) is 0.714. The van der Waals surface area contributed by atoms with Crippen molar-refractivity contribution in [1.82, 2.24) is 4.90 Å². The minimum Gasteiger partial charge on any atom is -0.468 e. The van der Waals surface area contributed by atoms with E-state index in [4.69, 9.17) is 10.2 Å². The Kier molecular flexibility index (Phi) is 4.24. The summed E-state index contributed by atoms with van der Waals surface area (Å²) < 4.78 is 5.42. The van der Waals surface area contributed by atoms with Gasteiger partial charge in [0.1, 0.15) is 5.76 Å². The summed E-state index contributed by atoms with van der Waals surface area (Å²) in [6.07, 6.45) is 5.47. The quantitative estimate of drug-likeness (QED) is 0.791. The number of furan rings is 1. The number of hydrogen-bond acceptors (Lipinski definition) is 3. The van der Waals surface area contributed by atoms with E-state index in [0.29, 0.717) is 5.92 Å². The molecule has 1 aromatic heterocycles. The third kappa shape index (κ3) is 4.17. The van der Waals surface area contributed by atoms with E-state index in [0.717, 1.165) is 31.3 Å². The first kappa shape index (κ1) is 12.7. The van der Waals surface area contributed by atoms with Gasteiger partial charge in [-0.05, 0) is 37.3 Å². The lowest BCUT2D eigenvalue weighted by atomic mass is 10.0. The highest BCUT2D eigenvalue weighted by Gasteiger charge is 2.30. The minimum absolute atomic E-state index is 0.283. The van der Waals surface area contributed by atoms with E-state index in [9.17, 15) is 0 Å². The van der Waals surface area contributed by atoms with Crippen molar-refractivity contribution in [2.24, 2.45) is 11.7 Å². The van der Waals surface area contributed by atoms with Crippen LogP contribution in [-0.2, 0) is 6.54 Å². The molecule has 1 atom stereocenters. The molecule has 1 heterocycles. The molecule has 0 bridgehead atoms. The molecule has 0 amide bonds. The molecule has 0 aromatic carbocycles. The van der Waals surface area contributed by atoms with Crippen molar-refractivity contribution in [3.8, 4) is 0 Å². The molecule has 1 aliphatic rings. The number of nitrogens with zero attached hydrogens (tertiary/aromatic N) is 1. The molecule has 1 fully saturated rings. The topological polar surface area (TPSA) is 42.4 Å². The van der Waals surface area contributed by atoms with Gasteiger partial charge in [-0.1, -0.05) is 13.8 Å². The monoisotopic (exact) mass is 236 g/mol. The van der Waals surface area contributed by atoms with E-state index in [1.807, 2.05) is 12.1 Å². The Balaban J connectivity index is 1.84. The summed E-state index contributed by atoms with van der Waals surface area (Å²) in [5.41, 5.74) is 6.20. The summed E-state index contributed by atoms with van der Waals surface area (Å²) in [6, 6.07) is 5.02. The molecule has 0 saturated heterocycles. The van der Waals surface area contributed by atoms with E-state index in [1.165, 1.54) is 12.8 Å². The van der Waals surface area contributed by atoms with Crippen LogP contribution in [0.5, 0.6) is 0 Å². The molecule has 3 heteroatoms. The van der Waals surface area contributed by atoms with Crippen molar-refractivity contribution in [3.05, 3.63) is 24.2 Å². The summed E-state index contributed by atoms with van der Waals surface area (Å²) in [4.78, 5) is 2.48. The van der Waals surface area contributed by atoms with E-state index < -0.39 is 0 Å². The normalized spacial score (nSPS) is 17.9. The van der Waals surface area contributed by atoms with E-state index in [-0.39, 0.29) is 6.04 Å². The average Bonchev–Trinajstić information content (AvgIpc) is 2.96. The van der Waals surface area contributed by atoms with Gasteiger partial charge in [-0.3, -0.25) is 4.90 Å². The second kappa shape index (κ2) is 5.69. The molecule has 0 radical (unpaired) electrons. The van der Waals surface area contributed by atoms with E-state index >= 15 is 0 Å². The van der Waals surface area contributed by atoms with E-state index in [1.54, 1.807) is 6.26 Å². The predicted octanol–water partition coefficient (Wildman–Crippen LogP) is 2.62. The average molecular weight is 236 g/mol. The molecule has 17 heavy (non-hydrogen) atoms. The Hall–Kier alpha value is -0.800. The molecule has 1 aliphatic carbocycles. The standard InChI is InChI=1S/C14H24N2O/c1-11(2)8-12(15)9-16(13-5-6-13)10-14-4-3-7-17-14/h3-4,7,11-13H,5-6,8-10,15H2,1-2H3/t12-/m0/s1. The fourth-order valence-corrected chi connectivity index (χ4v) is 2.37. The van der Waals surface area contributed by atoms with Gasteiger partial charge in [0, 0.05) is 18.6 Å². The number of nitrogens with two attached hydrogens (primary N) is 1. The zero-order valence-electron chi connectivity index (χ0n) is 10.9. The number of rotatable bonds is 7. The highest BCUT2D eigenvalue weighted by atomic mass is 16.3. The zero-order chi connectivity index (χ0) is 12.3. The number of hydrogen-bond donors (Lipinski definition) is 1. The van der Waals surface area contributed by atoms with Crippen LogP contribution in [0.1, 0.15) is 38.9 Å². The first-order valence-electron chi connectivity index (χ1n) is 6.67. The summed E-state index contributed by atoms with van der Waals surface area (Å²) in [7, 11) is 0. The molecule has 3 nitrogen and oxygen atoms in total. The predicted molar refractivity (Wildman–Crippen MR) is 69.6 cm³/mol. The molecular formula is C14H24N2O. The lowest BCUT2D eigenvalue weighted by Crippen LogP contribution is -2.39. The zero-order valence-corrected chi connectivity index (χ0v) is 10.9. The summed E-state index contributed by atoms with van der Waals surface area (Å²) in [5, 5.41) is 0. The summed E-state index contributed by atoms with van der Waals surface area (Å²) in [6.45, 7) is 6.36. The molecule has 2 rings (SSSR count). The van der Waals surface area contributed by atoms with Gasteiger partial charge in [0.05, 0.1) is 12.8 Å². The smallest absolute Gasteiger partial charge is 0.117 e. The van der Waals surface area contributed by atoms with Crippen molar-refractivity contribution < 1.29 is 4.42 Å². The SMILES string of the molecule is CC(C)C[C@H](N)CN(Cc1ccco1)C1CC1. The largest absolute Gasteiger partial charge is 0.468 e. The molecule has 0 unspecified atom stereocenters. The van der Waals surface area contributed by atoms with Crippen LogP contribution >= 0.6 is 0 Å². The Morgan fingerprint density at radius 1 is 1.47 bits per heavy atom. The summed E-state index contributed by atoms with van der Waals surface area (Å²) >= 11 is 0. The van der Waals surface area contributed by atoms with Crippen molar-refractivity contribution in [2.75, 3.05) is 6.54 Å². The van der Waals surface area contributed by atoms with E-state index in [2.05, 4.69) is 18.7 Å². The van der Waals surface area contributed by atoms with Gasteiger partial charge < -0.3 is 10.2 Å². The lowest BCUT2D eigenvalue weighted by Gasteiger charge is -2.25. The van der Waals surface area contributed by atoms with Crippen LogP contribution in [0.4, 0.5) is 0 Å².